The van der Waals surface area contributed by atoms with E-state index in [2.05, 4.69) is 20.7 Å². The predicted octanol–water partition coefficient (Wildman–Crippen LogP) is 0.418. The Balaban J connectivity index is 2.53. The lowest BCUT2D eigenvalue weighted by Gasteiger charge is -2.17. The number of nitrogens with one attached hydrogen (secondary N) is 1. The standard InChI is InChI=1S/C12H24N6O/c1-6-8(2)10(13)11(19)14-7-9-15-17-18(16-9)12(3,4)5/h8,10H,6-7,13H2,1-5H3,(H,14,19)/t8?,10-/m0/s1. The van der Waals surface area contributed by atoms with E-state index in [0.29, 0.717) is 5.82 Å². The van der Waals surface area contributed by atoms with Crippen molar-refractivity contribution in [3.05, 3.63) is 5.82 Å². The van der Waals surface area contributed by atoms with E-state index in [4.69, 9.17) is 5.73 Å². The van der Waals surface area contributed by atoms with Gasteiger partial charge in [0.1, 0.15) is 0 Å². The third-order valence-electron chi connectivity index (χ3n) is 3.04. The molecule has 1 rings (SSSR count). The summed E-state index contributed by atoms with van der Waals surface area (Å²) in [5.74, 6) is 0.458. The minimum absolute atomic E-state index is 0.151. The molecule has 0 spiro atoms. The molecule has 0 aliphatic rings. The Morgan fingerprint density at radius 3 is 2.58 bits per heavy atom. The Morgan fingerprint density at radius 1 is 1.47 bits per heavy atom. The van der Waals surface area contributed by atoms with Gasteiger partial charge in [-0.1, -0.05) is 20.3 Å². The number of hydrogen-bond acceptors (Lipinski definition) is 5. The van der Waals surface area contributed by atoms with E-state index in [0.717, 1.165) is 6.42 Å². The summed E-state index contributed by atoms with van der Waals surface area (Å²) in [6, 6.07) is -0.498. The summed E-state index contributed by atoms with van der Waals surface area (Å²) in [6.45, 7) is 10.2. The summed E-state index contributed by atoms with van der Waals surface area (Å²) >= 11 is 0. The Labute approximate surface area is 113 Å². The number of carbonyl (C=O) groups is 1. The summed E-state index contributed by atoms with van der Waals surface area (Å²) in [6.07, 6.45) is 0.868. The van der Waals surface area contributed by atoms with Crippen molar-refractivity contribution in [2.24, 2.45) is 11.7 Å². The second-order valence-corrected chi connectivity index (χ2v) is 5.80. The van der Waals surface area contributed by atoms with Crippen LogP contribution in [0.1, 0.15) is 46.9 Å². The number of carbonyl (C=O) groups excluding carboxylic acids is 1. The van der Waals surface area contributed by atoms with E-state index in [9.17, 15) is 4.79 Å². The van der Waals surface area contributed by atoms with E-state index in [1.165, 1.54) is 4.80 Å². The molecule has 0 aliphatic heterocycles. The first-order valence-corrected chi connectivity index (χ1v) is 6.58. The molecule has 0 fully saturated rings. The van der Waals surface area contributed by atoms with Crippen LogP contribution in [-0.4, -0.2) is 32.2 Å². The highest BCUT2D eigenvalue weighted by Crippen LogP contribution is 2.09. The highest BCUT2D eigenvalue weighted by atomic mass is 16.2. The third-order valence-corrected chi connectivity index (χ3v) is 3.04. The van der Waals surface area contributed by atoms with Gasteiger partial charge >= 0.3 is 0 Å². The van der Waals surface area contributed by atoms with Crippen molar-refractivity contribution in [3.63, 3.8) is 0 Å². The zero-order valence-electron chi connectivity index (χ0n) is 12.3. The van der Waals surface area contributed by atoms with Crippen LogP contribution in [-0.2, 0) is 16.9 Å². The molecule has 108 valence electrons. The largest absolute Gasteiger partial charge is 0.347 e. The van der Waals surface area contributed by atoms with Crippen molar-refractivity contribution in [2.75, 3.05) is 0 Å². The first-order chi connectivity index (χ1) is 8.75. The molecule has 0 aromatic carbocycles. The van der Waals surface area contributed by atoms with Gasteiger partial charge in [0.15, 0.2) is 5.82 Å². The van der Waals surface area contributed by atoms with Crippen molar-refractivity contribution in [1.82, 2.24) is 25.5 Å². The van der Waals surface area contributed by atoms with Gasteiger partial charge in [-0.25, -0.2) is 0 Å². The molecule has 1 amide bonds. The quantitative estimate of drug-likeness (QED) is 0.806. The Kier molecular flexibility index (Phi) is 4.99. The van der Waals surface area contributed by atoms with Gasteiger partial charge in [0, 0.05) is 0 Å². The van der Waals surface area contributed by atoms with Crippen molar-refractivity contribution < 1.29 is 4.79 Å². The third kappa shape index (κ3) is 4.27. The molecule has 0 radical (unpaired) electrons. The normalized spacial score (nSPS) is 15.1. The maximum Gasteiger partial charge on any atom is 0.237 e. The highest BCUT2D eigenvalue weighted by Gasteiger charge is 2.20. The molecule has 0 bridgehead atoms. The molecular weight excluding hydrogens is 244 g/mol. The topological polar surface area (TPSA) is 98.7 Å². The number of hydrogen-bond donors (Lipinski definition) is 2. The van der Waals surface area contributed by atoms with Gasteiger partial charge in [-0.3, -0.25) is 4.79 Å². The van der Waals surface area contributed by atoms with Crippen LogP contribution in [0, 0.1) is 5.92 Å². The van der Waals surface area contributed by atoms with Crippen LogP contribution < -0.4 is 11.1 Å². The zero-order chi connectivity index (χ0) is 14.6. The lowest BCUT2D eigenvalue weighted by atomic mass is 9.99. The fourth-order valence-corrected chi connectivity index (χ4v) is 1.39. The van der Waals surface area contributed by atoms with Crippen LogP contribution in [0.5, 0.6) is 0 Å². The molecule has 1 aromatic heterocycles. The maximum absolute atomic E-state index is 11.8. The summed E-state index contributed by atoms with van der Waals surface area (Å²) in [7, 11) is 0. The predicted molar refractivity (Wildman–Crippen MR) is 72.1 cm³/mol. The van der Waals surface area contributed by atoms with E-state index < -0.39 is 6.04 Å². The second-order valence-electron chi connectivity index (χ2n) is 5.80. The van der Waals surface area contributed by atoms with Gasteiger partial charge in [-0.15, -0.1) is 10.2 Å². The van der Waals surface area contributed by atoms with Gasteiger partial charge in [0.05, 0.1) is 18.1 Å². The van der Waals surface area contributed by atoms with Crippen LogP contribution in [0.25, 0.3) is 0 Å². The average molecular weight is 268 g/mol. The molecule has 0 saturated carbocycles. The molecule has 7 nitrogen and oxygen atoms in total. The fourth-order valence-electron chi connectivity index (χ4n) is 1.39. The molecule has 2 atom stereocenters. The first-order valence-electron chi connectivity index (χ1n) is 6.58. The summed E-state index contributed by atoms with van der Waals surface area (Å²) in [4.78, 5) is 13.3. The number of rotatable bonds is 5. The molecule has 0 aliphatic carbocycles. The fraction of sp³-hybridized carbons (Fsp3) is 0.833. The number of amides is 1. The van der Waals surface area contributed by atoms with Crippen LogP contribution in [0.3, 0.4) is 0 Å². The van der Waals surface area contributed by atoms with Crippen LogP contribution in [0.2, 0.25) is 0 Å². The molecule has 3 N–H and O–H groups in total. The van der Waals surface area contributed by atoms with Gasteiger partial charge in [-0.05, 0) is 31.9 Å². The van der Waals surface area contributed by atoms with Gasteiger partial charge in [0.25, 0.3) is 0 Å². The monoisotopic (exact) mass is 268 g/mol. The van der Waals surface area contributed by atoms with Crippen LogP contribution in [0.15, 0.2) is 0 Å². The van der Waals surface area contributed by atoms with Gasteiger partial charge in [-0.2, -0.15) is 4.80 Å². The second kappa shape index (κ2) is 6.10. The Morgan fingerprint density at radius 2 is 2.11 bits per heavy atom. The van der Waals surface area contributed by atoms with Crippen LogP contribution in [0.4, 0.5) is 0 Å². The molecule has 7 heteroatoms. The van der Waals surface area contributed by atoms with E-state index in [1.54, 1.807) is 0 Å². The van der Waals surface area contributed by atoms with E-state index >= 15 is 0 Å². The Hall–Kier alpha value is -1.50. The lowest BCUT2D eigenvalue weighted by molar-refractivity contribution is -0.123. The minimum Gasteiger partial charge on any atom is -0.347 e. The number of nitrogens with two attached hydrogens (primary N) is 1. The van der Waals surface area contributed by atoms with Crippen LogP contribution >= 0.6 is 0 Å². The maximum atomic E-state index is 11.8. The molecule has 1 unspecified atom stereocenters. The molecule has 1 aromatic rings. The summed E-state index contributed by atoms with van der Waals surface area (Å²) in [5.41, 5.74) is 5.62. The number of aromatic nitrogens is 4. The van der Waals surface area contributed by atoms with Gasteiger partial charge in [0.2, 0.25) is 5.91 Å². The molecule has 1 heterocycles. The van der Waals surface area contributed by atoms with E-state index in [-0.39, 0.29) is 23.9 Å². The van der Waals surface area contributed by atoms with Gasteiger partial charge < -0.3 is 11.1 Å². The zero-order valence-corrected chi connectivity index (χ0v) is 12.3. The molecule has 0 saturated heterocycles. The van der Waals surface area contributed by atoms with Crippen molar-refractivity contribution in [2.45, 2.75) is 59.2 Å². The SMILES string of the molecule is CCC(C)[C@H](N)C(=O)NCc1nnn(C(C)(C)C)n1. The molecular formula is C12H24N6O. The summed E-state index contributed by atoms with van der Waals surface area (Å²) in [5, 5.41) is 14.8. The number of nitrogens with zero attached hydrogens (tertiary/aromatic N) is 4. The molecule has 19 heavy (non-hydrogen) atoms. The average Bonchev–Trinajstić information content (AvgIpc) is 2.82. The Bertz CT molecular complexity index is 422. The van der Waals surface area contributed by atoms with E-state index in [1.807, 2.05) is 34.6 Å². The van der Waals surface area contributed by atoms with Crippen molar-refractivity contribution in [1.29, 1.82) is 0 Å². The number of tetrazole rings is 1. The minimum atomic E-state index is -0.498. The lowest BCUT2D eigenvalue weighted by Crippen LogP contribution is -2.44. The van der Waals surface area contributed by atoms with Crippen molar-refractivity contribution in [3.8, 4) is 0 Å². The van der Waals surface area contributed by atoms with Crippen molar-refractivity contribution >= 4 is 5.91 Å². The smallest absolute Gasteiger partial charge is 0.237 e. The summed E-state index contributed by atoms with van der Waals surface area (Å²) < 4.78 is 0. The highest BCUT2D eigenvalue weighted by molar-refractivity contribution is 5.81. The first kappa shape index (κ1) is 15.6.